The number of hydrogen-bond donors (Lipinski definition) is 1. The van der Waals surface area contributed by atoms with Crippen molar-refractivity contribution in [3.05, 3.63) is 0 Å². The van der Waals surface area contributed by atoms with Crippen molar-refractivity contribution >= 4 is 5.97 Å². The number of hydrogen-bond acceptors (Lipinski definition) is 3. The Morgan fingerprint density at radius 2 is 1.88 bits per heavy atom. The van der Waals surface area contributed by atoms with Gasteiger partial charge in [0.15, 0.2) is 6.29 Å². The molecule has 1 rings (SSSR count). The third-order valence-corrected chi connectivity index (χ3v) is 3.93. The molecule has 0 bridgehead atoms. The molecule has 1 saturated carbocycles. The molecule has 4 heteroatoms. The van der Waals surface area contributed by atoms with Crippen molar-refractivity contribution in [1.82, 2.24) is 0 Å². The van der Waals surface area contributed by atoms with E-state index in [1.165, 1.54) is 0 Å². The topological polar surface area (TPSA) is 55.8 Å². The van der Waals surface area contributed by atoms with Crippen molar-refractivity contribution in [2.24, 2.45) is 17.3 Å². The summed E-state index contributed by atoms with van der Waals surface area (Å²) < 4.78 is 10.4. The van der Waals surface area contributed by atoms with Crippen molar-refractivity contribution in [2.75, 3.05) is 14.2 Å². The van der Waals surface area contributed by atoms with Gasteiger partial charge < -0.3 is 14.6 Å². The fourth-order valence-corrected chi connectivity index (χ4v) is 2.67. The number of carboxylic acids is 1. The van der Waals surface area contributed by atoms with Crippen LogP contribution >= 0.6 is 0 Å². The van der Waals surface area contributed by atoms with E-state index in [9.17, 15) is 4.79 Å². The summed E-state index contributed by atoms with van der Waals surface area (Å²) in [7, 11) is 3.27. The summed E-state index contributed by atoms with van der Waals surface area (Å²) in [5.74, 6) is 0.282. The van der Waals surface area contributed by atoms with Gasteiger partial charge in [-0.1, -0.05) is 13.8 Å². The van der Waals surface area contributed by atoms with E-state index in [0.717, 1.165) is 12.8 Å². The minimum Gasteiger partial charge on any atom is -0.481 e. The van der Waals surface area contributed by atoms with E-state index in [1.54, 1.807) is 14.2 Å². The van der Waals surface area contributed by atoms with Gasteiger partial charge >= 0.3 is 5.97 Å². The van der Waals surface area contributed by atoms with Gasteiger partial charge in [0.25, 0.3) is 0 Å². The molecule has 0 aliphatic heterocycles. The Bertz CT molecular complexity index is 245. The van der Waals surface area contributed by atoms with Crippen LogP contribution < -0.4 is 0 Å². The monoisotopic (exact) mass is 230 g/mol. The molecule has 0 aromatic rings. The van der Waals surface area contributed by atoms with Crippen LogP contribution in [-0.4, -0.2) is 31.6 Å². The Morgan fingerprint density at radius 3 is 2.31 bits per heavy atom. The standard InChI is InChI=1S/C12H22O4/c1-12(2)8(5-6-10(13)14)9(12)7-11(15-3)16-4/h8-9,11H,5-7H2,1-4H3,(H,13,14). The molecule has 2 atom stereocenters. The fourth-order valence-electron chi connectivity index (χ4n) is 2.67. The first-order chi connectivity index (χ1) is 7.43. The molecular weight excluding hydrogens is 208 g/mol. The second kappa shape index (κ2) is 5.15. The van der Waals surface area contributed by atoms with E-state index >= 15 is 0 Å². The summed E-state index contributed by atoms with van der Waals surface area (Å²) in [6, 6.07) is 0. The molecule has 94 valence electrons. The highest BCUT2D eigenvalue weighted by Crippen LogP contribution is 2.62. The molecule has 4 nitrogen and oxygen atoms in total. The molecule has 0 aromatic carbocycles. The molecule has 0 spiro atoms. The number of ether oxygens (including phenoxy) is 2. The van der Waals surface area contributed by atoms with Gasteiger partial charge in [-0.15, -0.1) is 0 Å². The van der Waals surface area contributed by atoms with Gasteiger partial charge in [0.2, 0.25) is 0 Å². The summed E-state index contributed by atoms with van der Waals surface area (Å²) in [4.78, 5) is 10.5. The lowest BCUT2D eigenvalue weighted by molar-refractivity contribution is -0.137. The van der Waals surface area contributed by atoms with E-state index in [-0.39, 0.29) is 18.1 Å². The number of aliphatic carboxylic acids is 1. The quantitative estimate of drug-likeness (QED) is 0.681. The first-order valence-electron chi connectivity index (χ1n) is 5.70. The van der Waals surface area contributed by atoms with E-state index in [2.05, 4.69) is 13.8 Å². The smallest absolute Gasteiger partial charge is 0.303 e. The van der Waals surface area contributed by atoms with Crippen molar-refractivity contribution in [1.29, 1.82) is 0 Å². The van der Waals surface area contributed by atoms with Gasteiger partial charge in [-0.25, -0.2) is 0 Å². The first kappa shape index (κ1) is 13.5. The van der Waals surface area contributed by atoms with Gasteiger partial charge in [0.05, 0.1) is 0 Å². The van der Waals surface area contributed by atoms with E-state index in [4.69, 9.17) is 14.6 Å². The highest BCUT2D eigenvalue weighted by atomic mass is 16.7. The third-order valence-electron chi connectivity index (χ3n) is 3.93. The SMILES string of the molecule is COC(CC1C(CCC(=O)O)C1(C)C)OC. The number of carboxylic acid groups (broad SMARTS) is 1. The van der Waals surface area contributed by atoms with Gasteiger partial charge in [0, 0.05) is 27.1 Å². The molecule has 0 radical (unpaired) electrons. The van der Waals surface area contributed by atoms with Gasteiger partial charge in [0.1, 0.15) is 0 Å². The highest BCUT2D eigenvalue weighted by molar-refractivity contribution is 5.66. The van der Waals surface area contributed by atoms with Crippen LogP contribution in [0.3, 0.4) is 0 Å². The Labute approximate surface area is 96.9 Å². The molecule has 2 unspecified atom stereocenters. The second-order valence-electron chi connectivity index (χ2n) is 5.10. The third kappa shape index (κ3) is 2.95. The Kier molecular flexibility index (Phi) is 4.33. The molecule has 1 aliphatic rings. The largest absolute Gasteiger partial charge is 0.481 e. The molecule has 0 saturated heterocycles. The zero-order valence-electron chi connectivity index (χ0n) is 10.5. The van der Waals surface area contributed by atoms with Crippen LogP contribution in [0.5, 0.6) is 0 Å². The first-order valence-corrected chi connectivity index (χ1v) is 5.70. The minimum absolute atomic E-state index is 0.167. The molecule has 0 heterocycles. The zero-order valence-corrected chi connectivity index (χ0v) is 10.5. The van der Waals surface area contributed by atoms with Crippen LogP contribution in [0.1, 0.15) is 33.1 Å². The van der Waals surface area contributed by atoms with E-state index in [0.29, 0.717) is 11.8 Å². The predicted octanol–water partition coefficient (Wildman–Crippen LogP) is 2.13. The Hall–Kier alpha value is -0.610. The molecule has 16 heavy (non-hydrogen) atoms. The molecule has 1 aliphatic carbocycles. The lowest BCUT2D eigenvalue weighted by Crippen LogP contribution is -2.14. The average Bonchev–Trinajstić information content (AvgIpc) is 2.73. The molecule has 1 N–H and O–H groups in total. The van der Waals surface area contributed by atoms with Gasteiger partial charge in [-0.05, 0) is 23.7 Å². The molecule has 0 amide bonds. The van der Waals surface area contributed by atoms with Crippen LogP contribution in [0.4, 0.5) is 0 Å². The predicted molar refractivity (Wildman–Crippen MR) is 60.1 cm³/mol. The Morgan fingerprint density at radius 1 is 1.31 bits per heavy atom. The Balaban J connectivity index is 2.40. The average molecular weight is 230 g/mol. The normalized spacial score (nSPS) is 27.1. The highest BCUT2D eigenvalue weighted by Gasteiger charge is 2.57. The number of rotatable bonds is 7. The van der Waals surface area contributed by atoms with Crippen LogP contribution in [-0.2, 0) is 14.3 Å². The summed E-state index contributed by atoms with van der Waals surface area (Å²) >= 11 is 0. The summed E-state index contributed by atoms with van der Waals surface area (Å²) in [5.41, 5.74) is 0.227. The molecule has 1 fully saturated rings. The second-order valence-corrected chi connectivity index (χ2v) is 5.10. The van der Waals surface area contributed by atoms with E-state index in [1.807, 2.05) is 0 Å². The van der Waals surface area contributed by atoms with E-state index < -0.39 is 5.97 Å². The number of methoxy groups -OCH3 is 2. The van der Waals surface area contributed by atoms with Crippen molar-refractivity contribution in [3.8, 4) is 0 Å². The van der Waals surface area contributed by atoms with Crippen LogP contribution in [0.15, 0.2) is 0 Å². The van der Waals surface area contributed by atoms with Crippen molar-refractivity contribution in [3.63, 3.8) is 0 Å². The van der Waals surface area contributed by atoms with Gasteiger partial charge in [-0.3, -0.25) is 4.79 Å². The zero-order chi connectivity index (χ0) is 12.3. The maximum Gasteiger partial charge on any atom is 0.303 e. The minimum atomic E-state index is -0.712. The molecule has 0 aromatic heterocycles. The lowest BCUT2D eigenvalue weighted by Gasteiger charge is -2.13. The summed E-state index contributed by atoms with van der Waals surface area (Å²) in [5, 5.41) is 8.67. The maximum absolute atomic E-state index is 10.5. The number of carbonyl (C=O) groups is 1. The molecular formula is C12H22O4. The van der Waals surface area contributed by atoms with Crippen LogP contribution in [0.25, 0.3) is 0 Å². The van der Waals surface area contributed by atoms with Crippen LogP contribution in [0.2, 0.25) is 0 Å². The lowest BCUT2D eigenvalue weighted by atomic mass is 10.1. The fraction of sp³-hybridized carbons (Fsp3) is 0.917. The van der Waals surface area contributed by atoms with Crippen LogP contribution in [0, 0.1) is 17.3 Å². The van der Waals surface area contributed by atoms with Crippen molar-refractivity contribution in [2.45, 2.75) is 39.4 Å². The summed E-state index contributed by atoms with van der Waals surface area (Å²) in [6.45, 7) is 4.37. The summed E-state index contributed by atoms with van der Waals surface area (Å²) in [6.07, 6.45) is 1.70. The van der Waals surface area contributed by atoms with Gasteiger partial charge in [-0.2, -0.15) is 0 Å². The van der Waals surface area contributed by atoms with Crippen molar-refractivity contribution < 1.29 is 19.4 Å². The maximum atomic E-state index is 10.5.